The number of hydrogen-bond acceptors (Lipinski definition) is 2. The molecule has 3 heteroatoms. The zero-order valence-electron chi connectivity index (χ0n) is 14.2. The highest BCUT2D eigenvalue weighted by molar-refractivity contribution is 5.94. The number of aryl methyl sites for hydroxylation is 2. The molecule has 1 heterocycles. The van der Waals surface area contributed by atoms with Crippen LogP contribution in [0.1, 0.15) is 39.5 Å². The number of fused-ring (bicyclic) bond motifs is 1. The van der Waals surface area contributed by atoms with Crippen LogP contribution in [0.25, 0.3) is 0 Å². The van der Waals surface area contributed by atoms with Crippen molar-refractivity contribution in [2.45, 2.75) is 25.8 Å². The molecule has 0 aromatic heterocycles. The van der Waals surface area contributed by atoms with Crippen LogP contribution in [0.3, 0.4) is 0 Å². The fourth-order valence-corrected chi connectivity index (χ4v) is 4.11. The van der Waals surface area contributed by atoms with Gasteiger partial charge in [0, 0.05) is 37.8 Å². The summed E-state index contributed by atoms with van der Waals surface area (Å²) >= 11 is 0. The van der Waals surface area contributed by atoms with E-state index in [-0.39, 0.29) is 5.91 Å². The lowest BCUT2D eigenvalue weighted by atomic mass is 10.1. The van der Waals surface area contributed by atoms with Crippen LogP contribution in [0.4, 0.5) is 0 Å². The van der Waals surface area contributed by atoms with Gasteiger partial charge in [-0.05, 0) is 43.0 Å². The van der Waals surface area contributed by atoms with E-state index >= 15 is 0 Å². The van der Waals surface area contributed by atoms with Crippen molar-refractivity contribution in [3.05, 3.63) is 70.8 Å². The second kappa shape index (κ2) is 6.40. The van der Waals surface area contributed by atoms with E-state index in [1.165, 1.54) is 24.0 Å². The first-order valence-corrected chi connectivity index (χ1v) is 8.90. The summed E-state index contributed by atoms with van der Waals surface area (Å²) in [5.74, 6) is 0.171. The van der Waals surface area contributed by atoms with Gasteiger partial charge in [0.2, 0.25) is 0 Å². The van der Waals surface area contributed by atoms with Crippen LogP contribution in [0.15, 0.2) is 48.5 Å². The maximum Gasteiger partial charge on any atom is 0.253 e. The number of nitrogens with zero attached hydrogens (tertiary/aromatic N) is 2. The van der Waals surface area contributed by atoms with Crippen LogP contribution in [0.5, 0.6) is 0 Å². The van der Waals surface area contributed by atoms with E-state index < -0.39 is 0 Å². The molecule has 4 rings (SSSR count). The van der Waals surface area contributed by atoms with Gasteiger partial charge in [0.05, 0.1) is 0 Å². The predicted molar refractivity (Wildman–Crippen MR) is 96.2 cm³/mol. The molecule has 124 valence electrons. The number of carbonyl (C=O) groups is 1. The molecule has 2 aromatic rings. The number of amides is 1. The van der Waals surface area contributed by atoms with E-state index in [9.17, 15) is 4.79 Å². The first-order valence-electron chi connectivity index (χ1n) is 8.90. The van der Waals surface area contributed by atoms with E-state index in [0.717, 1.165) is 37.3 Å². The van der Waals surface area contributed by atoms with Gasteiger partial charge in [-0.3, -0.25) is 9.69 Å². The summed E-state index contributed by atoms with van der Waals surface area (Å²) in [4.78, 5) is 17.3. The number of piperazine rings is 1. The Morgan fingerprint density at radius 3 is 2.58 bits per heavy atom. The van der Waals surface area contributed by atoms with Crippen molar-refractivity contribution in [1.82, 2.24) is 9.80 Å². The van der Waals surface area contributed by atoms with Crippen molar-refractivity contribution in [2.24, 2.45) is 0 Å². The van der Waals surface area contributed by atoms with E-state index in [1.54, 1.807) is 0 Å². The maximum atomic E-state index is 12.7. The zero-order chi connectivity index (χ0) is 16.5. The summed E-state index contributed by atoms with van der Waals surface area (Å²) in [5, 5.41) is 0. The summed E-state index contributed by atoms with van der Waals surface area (Å²) < 4.78 is 0. The van der Waals surface area contributed by atoms with Gasteiger partial charge in [0.15, 0.2) is 0 Å². The SMILES string of the molecule is Cc1cccc(C(=O)N2CCN(C3CCc4ccccc43)CC2)c1. The summed E-state index contributed by atoms with van der Waals surface area (Å²) in [6, 6.07) is 17.3. The average molecular weight is 320 g/mol. The Hall–Kier alpha value is -2.13. The molecule has 1 aliphatic carbocycles. The molecule has 0 bridgehead atoms. The van der Waals surface area contributed by atoms with Crippen molar-refractivity contribution < 1.29 is 4.79 Å². The fourth-order valence-electron chi connectivity index (χ4n) is 4.11. The molecular weight excluding hydrogens is 296 g/mol. The molecule has 1 saturated heterocycles. The normalized spacial score (nSPS) is 20.9. The van der Waals surface area contributed by atoms with Crippen molar-refractivity contribution >= 4 is 5.91 Å². The Bertz CT molecular complexity index is 747. The number of hydrogen-bond donors (Lipinski definition) is 0. The molecule has 1 fully saturated rings. The highest BCUT2D eigenvalue weighted by Gasteiger charge is 2.31. The van der Waals surface area contributed by atoms with Crippen molar-refractivity contribution in [1.29, 1.82) is 0 Å². The second-order valence-corrected chi connectivity index (χ2v) is 6.95. The summed E-state index contributed by atoms with van der Waals surface area (Å²) in [6.45, 7) is 5.62. The van der Waals surface area contributed by atoms with Crippen LogP contribution in [-0.2, 0) is 6.42 Å². The molecule has 1 unspecified atom stereocenters. The Balaban J connectivity index is 1.42. The predicted octanol–water partition coefficient (Wildman–Crippen LogP) is 3.44. The van der Waals surface area contributed by atoms with Crippen LogP contribution in [0, 0.1) is 6.92 Å². The van der Waals surface area contributed by atoms with Gasteiger partial charge < -0.3 is 4.90 Å². The standard InChI is InChI=1S/C21H24N2O/c1-16-5-4-7-18(15-16)21(24)23-13-11-22(12-14-23)20-10-9-17-6-2-3-8-19(17)20/h2-8,15,20H,9-14H2,1H3. The minimum Gasteiger partial charge on any atom is -0.336 e. The number of rotatable bonds is 2. The lowest BCUT2D eigenvalue weighted by Crippen LogP contribution is -2.49. The van der Waals surface area contributed by atoms with Crippen molar-refractivity contribution in [3.63, 3.8) is 0 Å². The quantitative estimate of drug-likeness (QED) is 0.846. The minimum atomic E-state index is 0.171. The molecule has 2 aliphatic rings. The van der Waals surface area contributed by atoms with Crippen molar-refractivity contribution in [2.75, 3.05) is 26.2 Å². The van der Waals surface area contributed by atoms with Crippen LogP contribution >= 0.6 is 0 Å². The lowest BCUT2D eigenvalue weighted by Gasteiger charge is -2.38. The molecule has 1 amide bonds. The van der Waals surface area contributed by atoms with E-state index in [2.05, 4.69) is 29.2 Å². The Kier molecular flexibility index (Phi) is 4.11. The minimum absolute atomic E-state index is 0.171. The van der Waals surface area contributed by atoms with Crippen LogP contribution in [0.2, 0.25) is 0 Å². The van der Waals surface area contributed by atoms with Gasteiger partial charge in [-0.2, -0.15) is 0 Å². The van der Waals surface area contributed by atoms with E-state index in [4.69, 9.17) is 0 Å². The van der Waals surface area contributed by atoms with Gasteiger partial charge in [-0.1, -0.05) is 42.0 Å². The molecule has 0 spiro atoms. The topological polar surface area (TPSA) is 23.6 Å². The molecule has 3 nitrogen and oxygen atoms in total. The molecule has 0 radical (unpaired) electrons. The summed E-state index contributed by atoms with van der Waals surface area (Å²) in [6.07, 6.45) is 2.40. The first-order chi connectivity index (χ1) is 11.7. The third kappa shape index (κ3) is 2.84. The van der Waals surface area contributed by atoms with E-state index in [0.29, 0.717) is 6.04 Å². The Morgan fingerprint density at radius 2 is 1.79 bits per heavy atom. The second-order valence-electron chi connectivity index (χ2n) is 6.95. The number of benzene rings is 2. The monoisotopic (exact) mass is 320 g/mol. The fraction of sp³-hybridized carbons (Fsp3) is 0.381. The lowest BCUT2D eigenvalue weighted by molar-refractivity contribution is 0.0568. The van der Waals surface area contributed by atoms with E-state index in [1.807, 2.05) is 36.1 Å². The highest BCUT2D eigenvalue weighted by Crippen LogP contribution is 2.35. The zero-order valence-corrected chi connectivity index (χ0v) is 14.2. The maximum absolute atomic E-state index is 12.7. The molecule has 0 N–H and O–H groups in total. The molecule has 2 aromatic carbocycles. The molecule has 1 atom stereocenters. The third-order valence-electron chi connectivity index (χ3n) is 5.41. The van der Waals surface area contributed by atoms with Gasteiger partial charge in [0.25, 0.3) is 5.91 Å². The van der Waals surface area contributed by atoms with Gasteiger partial charge in [0.1, 0.15) is 0 Å². The smallest absolute Gasteiger partial charge is 0.253 e. The van der Waals surface area contributed by atoms with Crippen LogP contribution < -0.4 is 0 Å². The Morgan fingerprint density at radius 1 is 1.00 bits per heavy atom. The molecule has 1 aliphatic heterocycles. The summed E-state index contributed by atoms with van der Waals surface area (Å²) in [5.41, 5.74) is 4.95. The highest BCUT2D eigenvalue weighted by atomic mass is 16.2. The first kappa shape index (κ1) is 15.4. The summed E-state index contributed by atoms with van der Waals surface area (Å²) in [7, 11) is 0. The molecule has 0 saturated carbocycles. The van der Waals surface area contributed by atoms with Gasteiger partial charge in [-0.15, -0.1) is 0 Å². The largest absolute Gasteiger partial charge is 0.336 e. The van der Waals surface area contributed by atoms with Gasteiger partial charge >= 0.3 is 0 Å². The average Bonchev–Trinajstić information content (AvgIpc) is 3.05. The molecular formula is C21H24N2O. The number of carbonyl (C=O) groups excluding carboxylic acids is 1. The van der Waals surface area contributed by atoms with Crippen LogP contribution in [-0.4, -0.2) is 41.9 Å². The molecule has 24 heavy (non-hydrogen) atoms. The van der Waals surface area contributed by atoms with Crippen molar-refractivity contribution in [3.8, 4) is 0 Å². The third-order valence-corrected chi connectivity index (χ3v) is 5.41. The van der Waals surface area contributed by atoms with Gasteiger partial charge in [-0.25, -0.2) is 0 Å². The Labute approximate surface area is 143 Å².